The Bertz CT molecular complexity index is 879. The zero-order chi connectivity index (χ0) is 18.0. The van der Waals surface area contributed by atoms with Crippen LogP contribution >= 0.6 is 23.2 Å². The zero-order valence-electron chi connectivity index (χ0n) is 12.3. The number of benzene rings is 1. The van der Waals surface area contributed by atoms with Gasteiger partial charge >= 0.3 is 6.18 Å². The summed E-state index contributed by atoms with van der Waals surface area (Å²) in [5, 5.41) is 14.7. The average molecular weight is 389 g/mol. The van der Waals surface area contributed by atoms with E-state index in [1.165, 1.54) is 10.7 Å². The van der Waals surface area contributed by atoms with Gasteiger partial charge in [-0.05, 0) is 34.2 Å². The van der Waals surface area contributed by atoms with Gasteiger partial charge in [0.15, 0.2) is 0 Å². The van der Waals surface area contributed by atoms with E-state index in [9.17, 15) is 13.2 Å². The fraction of sp³-hybridized carbons (Fsp3) is 0.143. The molecule has 0 spiro atoms. The minimum absolute atomic E-state index is 0.170. The molecule has 25 heavy (non-hydrogen) atoms. The number of aromatic nitrogens is 5. The topological polar surface area (TPSA) is 68.5 Å². The molecule has 0 unspecified atom stereocenters. The molecule has 2 aromatic heterocycles. The third-order valence-electron chi connectivity index (χ3n) is 3.19. The third-order valence-corrected chi connectivity index (χ3v) is 4.00. The highest BCUT2D eigenvalue weighted by atomic mass is 35.5. The Hall–Kier alpha value is -2.39. The van der Waals surface area contributed by atoms with Crippen molar-refractivity contribution in [3.8, 4) is 5.69 Å². The van der Waals surface area contributed by atoms with Crippen molar-refractivity contribution >= 4 is 29.2 Å². The summed E-state index contributed by atoms with van der Waals surface area (Å²) >= 11 is 12.1. The standard InChI is InChI=1S/C14H9Cl2F3N6/c15-9-2-1-3-10(12(9)16)25-13(22-23-24-25)21-7-8-4-5-11(20-6-8)14(17,18)19/h1-6H,7H2,(H,21,22,24). The lowest BCUT2D eigenvalue weighted by Gasteiger charge is -2.10. The fourth-order valence-electron chi connectivity index (χ4n) is 1.99. The highest BCUT2D eigenvalue weighted by Crippen LogP contribution is 2.29. The van der Waals surface area contributed by atoms with E-state index in [0.29, 0.717) is 16.3 Å². The van der Waals surface area contributed by atoms with E-state index in [0.717, 1.165) is 12.3 Å². The van der Waals surface area contributed by atoms with Gasteiger partial charge in [-0.15, -0.1) is 0 Å². The number of tetrazole rings is 1. The molecule has 0 aliphatic carbocycles. The van der Waals surface area contributed by atoms with Gasteiger partial charge in [0.25, 0.3) is 0 Å². The maximum atomic E-state index is 12.5. The summed E-state index contributed by atoms with van der Waals surface area (Å²) in [6, 6.07) is 7.22. The lowest BCUT2D eigenvalue weighted by Crippen LogP contribution is -2.10. The van der Waals surface area contributed by atoms with Crippen molar-refractivity contribution in [2.45, 2.75) is 12.7 Å². The maximum Gasteiger partial charge on any atom is 0.433 e. The monoisotopic (exact) mass is 388 g/mol. The number of halogens is 5. The van der Waals surface area contributed by atoms with Crippen LogP contribution in [0.2, 0.25) is 10.0 Å². The third kappa shape index (κ3) is 3.83. The van der Waals surface area contributed by atoms with Gasteiger partial charge in [-0.1, -0.05) is 40.4 Å². The van der Waals surface area contributed by atoms with Crippen molar-refractivity contribution in [1.29, 1.82) is 0 Å². The Morgan fingerprint density at radius 2 is 1.92 bits per heavy atom. The molecule has 0 bridgehead atoms. The predicted molar refractivity (Wildman–Crippen MR) is 85.7 cm³/mol. The van der Waals surface area contributed by atoms with Gasteiger partial charge < -0.3 is 5.32 Å². The van der Waals surface area contributed by atoms with Crippen LogP contribution in [-0.4, -0.2) is 25.2 Å². The first kappa shape index (κ1) is 17.4. The molecule has 0 radical (unpaired) electrons. The number of nitrogens with one attached hydrogen (secondary N) is 1. The van der Waals surface area contributed by atoms with Crippen molar-refractivity contribution in [3.05, 3.63) is 57.8 Å². The van der Waals surface area contributed by atoms with E-state index in [1.54, 1.807) is 18.2 Å². The van der Waals surface area contributed by atoms with Gasteiger partial charge in [0.05, 0.1) is 15.7 Å². The number of anilines is 1. The van der Waals surface area contributed by atoms with Gasteiger partial charge in [-0.2, -0.15) is 17.9 Å². The smallest absolute Gasteiger partial charge is 0.349 e. The van der Waals surface area contributed by atoms with Crippen molar-refractivity contribution in [3.63, 3.8) is 0 Å². The summed E-state index contributed by atoms with van der Waals surface area (Å²) in [6.07, 6.45) is -3.34. The maximum absolute atomic E-state index is 12.5. The van der Waals surface area contributed by atoms with Crippen LogP contribution in [0.3, 0.4) is 0 Å². The largest absolute Gasteiger partial charge is 0.433 e. The molecule has 130 valence electrons. The molecule has 0 saturated carbocycles. The number of nitrogens with zero attached hydrogens (tertiary/aromatic N) is 5. The Morgan fingerprint density at radius 1 is 1.12 bits per heavy atom. The van der Waals surface area contributed by atoms with E-state index in [4.69, 9.17) is 23.2 Å². The molecule has 1 N–H and O–H groups in total. The van der Waals surface area contributed by atoms with Crippen LogP contribution in [0, 0.1) is 0 Å². The molecule has 0 aliphatic heterocycles. The van der Waals surface area contributed by atoms with E-state index >= 15 is 0 Å². The first-order valence-corrected chi connectivity index (χ1v) is 7.60. The van der Waals surface area contributed by atoms with Gasteiger partial charge in [0.2, 0.25) is 5.95 Å². The highest BCUT2D eigenvalue weighted by Gasteiger charge is 2.31. The molecule has 2 heterocycles. The summed E-state index contributed by atoms with van der Waals surface area (Å²) < 4.78 is 38.9. The first-order chi connectivity index (χ1) is 11.9. The highest BCUT2D eigenvalue weighted by molar-refractivity contribution is 6.43. The van der Waals surface area contributed by atoms with Crippen LogP contribution in [-0.2, 0) is 12.7 Å². The number of hydrogen-bond donors (Lipinski definition) is 1. The molecule has 3 rings (SSSR count). The molecule has 3 aromatic rings. The summed E-state index contributed by atoms with van der Waals surface area (Å²) in [5.41, 5.74) is 0.0405. The number of pyridine rings is 1. The molecule has 0 saturated heterocycles. The Morgan fingerprint density at radius 3 is 2.60 bits per heavy atom. The quantitative estimate of drug-likeness (QED) is 0.731. The lowest BCUT2D eigenvalue weighted by atomic mass is 10.2. The molecule has 0 amide bonds. The van der Waals surface area contributed by atoms with E-state index in [1.807, 2.05) is 0 Å². The van der Waals surface area contributed by atoms with Crippen molar-refractivity contribution in [1.82, 2.24) is 25.2 Å². The first-order valence-electron chi connectivity index (χ1n) is 6.85. The molecular formula is C14H9Cl2F3N6. The Balaban J connectivity index is 1.77. The normalized spacial score (nSPS) is 11.6. The van der Waals surface area contributed by atoms with Crippen LogP contribution in [0.4, 0.5) is 19.1 Å². The summed E-state index contributed by atoms with van der Waals surface area (Å²) in [5.74, 6) is 0.254. The fourth-order valence-corrected chi connectivity index (χ4v) is 2.37. The van der Waals surface area contributed by atoms with Gasteiger partial charge in [-0.25, -0.2) is 0 Å². The second-order valence-electron chi connectivity index (χ2n) is 4.89. The minimum Gasteiger partial charge on any atom is -0.349 e. The summed E-state index contributed by atoms with van der Waals surface area (Å²) in [6.45, 7) is 0.170. The molecular weight excluding hydrogens is 380 g/mol. The Labute approximate surface area is 149 Å². The van der Waals surface area contributed by atoms with Crippen LogP contribution < -0.4 is 5.32 Å². The van der Waals surface area contributed by atoms with E-state index < -0.39 is 11.9 Å². The minimum atomic E-state index is -4.47. The van der Waals surface area contributed by atoms with Gasteiger partial charge in [-0.3, -0.25) is 4.98 Å². The van der Waals surface area contributed by atoms with Crippen molar-refractivity contribution in [2.24, 2.45) is 0 Å². The molecule has 0 aliphatic rings. The van der Waals surface area contributed by atoms with Crippen molar-refractivity contribution < 1.29 is 13.2 Å². The van der Waals surface area contributed by atoms with Crippen molar-refractivity contribution in [2.75, 3.05) is 5.32 Å². The number of hydrogen-bond acceptors (Lipinski definition) is 5. The summed E-state index contributed by atoms with van der Waals surface area (Å²) in [4.78, 5) is 3.39. The molecule has 11 heteroatoms. The average Bonchev–Trinajstić information content (AvgIpc) is 3.03. The van der Waals surface area contributed by atoms with Gasteiger partial charge in [0, 0.05) is 12.7 Å². The Kier molecular flexibility index (Phi) is 4.78. The SMILES string of the molecule is FC(F)(F)c1ccc(CNc2nnnn2-c2cccc(Cl)c2Cl)cn1. The molecule has 6 nitrogen and oxygen atoms in total. The second-order valence-corrected chi connectivity index (χ2v) is 5.68. The molecule has 1 aromatic carbocycles. The lowest BCUT2D eigenvalue weighted by molar-refractivity contribution is -0.141. The van der Waals surface area contributed by atoms with Crippen LogP contribution in [0.15, 0.2) is 36.5 Å². The number of rotatable bonds is 4. The predicted octanol–water partition coefficient (Wildman–Crippen LogP) is 4.00. The zero-order valence-corrected chi connectivity index (χ0v) is 13.8. The van der Waals surface area contributed by atoms with Gasteiger partial charge in [0.1, 0.15) is 5.69 Å². The summed E-state index contributed by atoms with van der Waals surface area (Å²) in [7, 11) is 0. The number of alkyl halides is 3. The molecule has 0 atom stereocenters. The van der Waals surface area contributed by atoms with Crippen LogP contribution in [0.1, 0.15) is 11.3 Å². The second kappa shape index (κ2) is 6.85. The molecule has 0 fully saturated rings. The van der Waals surface area contributed by atoms with Crippen LogP contribution in [0.25, 0.3) is 5.69 Å². The van der Waals surface area contributed by atoms with Crippen LogP contribution in [0.5, 0.6) is 0 Å². The van der Waals surface area contributed by atoms with E-state index in [2.05, 4.69) is 25.8 Å². The van der Waals surface area contributed by atoms with E-state index in [-0.39, 0.29) is 17.5 Å².